The molecular weight excluding hydrogens is 310 g/mol. The Morgan fingerprint density at radius 1 is 0.800 bits per heavy atom. The van der Waals surface area contributed by atoms with E-state index in [9.17, 15) is 4.79 Å². The molecule has 3 nitrogen and oxygen atoms in total. The molecule has 0 aliphatic heterocycles. The van der Waals surface area contributed by atoms with E-state index in [1.54, 1.807) is 0 Å². The summed E-state index contributed by atoms with van der Waals surface area (Å²) in [7, 11) is 4.49. The van der Waals surface area contributed by atoms with Gasteiger partial charge in [0.05, 0.1) is 26.1 Å². The zero-order valence-corrected chi connectivity index (χ0v) is 18.2. The number of likely N-dealkylation sites (N-methyl/N-ethyl adjacent to an activating group) is 1. The molecule has 0 saturated carbocycles. The molecule has 0 saturated heterocycles. The van der Waals surface area contributed by atoms with Gasteiger partial charge in [-0.05, 0) is 33.1 Å². The van der Waals surface area contributed by atoms with Crippen molar-refractivity contribution in [2.24, 2.45) is 5.41 Å². The molecular formula is C22H46NO2+. The van der Waals surface area contributed by atoms with Crippen molar-refractivity contribution < 1.29 is 14.0 Å². The van der Waals surface area contributed by atoms with E-state index in [1.165, 1.54) is 70.8 Å². The van der Waals surface area contributed by atoms with Gasteiger partial charge in [0.15, 0.2) is 0 Å². The molecule has 0 unspecified atom stereocenters. The van der Waals surface area contributed by atoms with Gasteiger partial charge in [-0.25, -0.2) is 0 Å². The molecule has 0 fully saturated rings. The summed E-state index contributed by atoms with van der Waals surface area (Å²) in [4.78, 5) is 12.0. The first-order valence-electron chi connectivity index (χ1n) is 10.7. The maximum atomic E-state index is 12.0. The van der Waals surface area contributed by atoms with E-state index in [-0.39, 0.29) is 11.4 Å². The zero-order valence-electron chi connectivity index (χ0n) is 18.2. The predicted octanol–water partition coefficient (Wildman–Crippen LogP) is 5.96. The van der Waals surface area contributed by atoms with Crippen molar-refractivity contribution in [1.29, 1.82) is 0 Å². The number of rotatable bonds is 16. The predicted molar refractivity (Wildman–Crippen MR) is 109 cm³/mol. The summed E-state index contributed by atoms with van der Waals surface area (Å²) < 4.78 is 6.42. The minimum atomic E-state index is -0.353. The van der Waals surface area contributed by atoms with Crippen LogP contribution in [0.1, 0.15) is 98.3 Å². The maximum absolute atomic E-state index is 12.0. The molecule has 3 heteroatoms. The van der Waals surface area contributed by atoms with Crippen LogP contribution in [0, 0.1) is 5.41 Å². The first-order chi connectivity index (χ1) is 11.7. The highest BCUT2D eigenvalue weighted by atomic mass is 16.5. The Kier molecular flexibility index (Phi) is 13.3. The highest BCUT2D eigenvalue weighted by Crippen LogP contribution is 2.21. The first kappa shape index (κ1) is 24.4. The quantitative estimate of drug-likeness (QED) is 0.194. The van der Waals surface area contributed by atoms with Gasteiger partial charge in [0, 0.05) is 0 Å². The largest absolute Gasteiger partial charge is 0.459 e. The van der Waals surface area contributed by atoms with E-state index in [4.69, 9.17) is 4.74 Å². The Balaban J connectivity index is 3.63. The fourth-order valence-electron chi connectivity index (χ4n) is 2.86. The third-order valence-electron chi connectivity index (χ3n) is 5.48. The second kappa shape index (κ2) is 13.6. The summed E-state index contributed by atoms with van der Waals surface area (Å²) >= 11 is 0. The Hall–Kier alpha value is -0.570. The summed E-state index contributed by atoms with van der Waals surface area (Å²) in [6.07, 6.45) is 14.6. The van der Waals surface area contributed by atoms with Gasteiger partial charge in [-0.3, -0.25) is 4.79 Å². The fourth-order valence-corrected chi connectivity index (χ4v) is 2.86. The summed E-state index contributed by atoms with van der Waals surface area (Å²) in [5.41, 5.74) is -0.353. The Morgan fingerprint density at radius 3 is 1.76 bits per heavy atom. The van der Waals surface area contributed by atoms with Gasteiger partial charge in [-0.2, -0.15) is 0 Å². The van der Waals surface area contributed by atoms with Gasteiger partial charge in [0.1, 0.15) is 13.2 Å². The average Bonchev–Trinajstić information content (AvgIpc) is 2.56. The third-order valence-corrected chi connectivity index (χ3v) is 5.48. The number of ether oxygens (including phenoxy) is 1. The highest BCUT2D eigenvalue weighted by molar-refractivity contribution is 5.75. The second-order valence-corrected chi connectivity index (χ2v) is 8.94. The van der Waals surface area contributed by atoms with Crippen molar-refractivity contribution in [3.05, 3.63) is 0 Å². The van der Waals surface area contributed by atoms with Crippen LogP contribution >= 0.6 is 0 Å². The van der Waals surface area contributed by atoms with Crippen LogP contribution in [0.4, 0.5) is 0 Å². The lowest BCUT2D eigenvalue weighted by atomic mass is 9.91. The molecule has 25 heavy (non-hydrogen) atoms. The lowest BCUT2D eigenvalue weighted by Gasteiger charge is -2.30. The Bertz CT molecular complexity index is 337. The van der Waals surface area contributed by atoms with Gasteiger partial charge in [-0.15, -0.1) is 0 Å². The van der Waals surface area contributed by atoms with E-state index in [2.05, 4.69) is 21.0 Å². The van der Waals surface area contributed by atoms with Crippen LogP contribution in [0.2, 0.25) is 0 Å². The Morgan fingerprint density at radius 2 is 1.28 bits per heavy atom. The summed E-state index contributed by atoms with van der Waals surface area (Å²) in [5, 5.41) is 0. The van der Waals surface area contributed by atoms with Gasteiger partial charge < -0.3 is 9.22 Å². The molecule has 0 N–H and O–H groups in total. The topological polar surface area (TPSA) is 26.3 Å². The van der Waals surface area contributed by atoms with Crippen LogP contribution in [-0.4, -0.2) is 44.2 Å². The van der Waals surface area contributed by atoms with Crippen molar-refractivity contribution in [2.75, 3.05) is 33.8 Å². The molecule has 0 atom stereocenters. The first-order valence-corrected chi connectivity index (χ1v) is 10.7. The monoisotopic (exact) mass is 356 g/mol. The standard InChI is InChI=1S/C22H46NO2/c1-7-9-10-11-12-13-14-15-16-17-18-23(5,6)19-20-25-21(24)22(3,4)8-2/h7-20H2,1-6H3/q+1. The lowest BCUT2D eigenvalue weighted by Crippen LogP contribution is -2.43. The maximum Gasteiger partial charge on any atom is 0.311 e. The summed E-state index contributed by atoms with van der Waals surface area (Å²) in [6.45, 7) is 10.8. The van der Waals surface area contributed by atoms with E-state index in [1.807, 2.05) is 20.8 Å². The molecule has 150 valence electrons. The number of carbonyl (C=O) groups excluding carboxylic acids is 1. The fraction of sp³-hybridized carbons (Fsp3) is 0.955. The minimum absolute atomic E-state index is 0.0612. The average molecular weight is 357 g/mol. The van der Waals surface area contributed by atoms with Crippen molar-refractivity contribution in [3.8, 4) is 0 Å². The highest BCUT2D eigenvalue weighted by Gasteiger charge is 2.27. The normalized spacial score (nSPS) is 12.4. The molecule has 0 radical (unpaired) electrons. The molecule has 0 aromatic heterocycles. The molecule has 0 rings (SSSR count). The molecule has 0 aliphatic carbocycles. The Labute approximate surface area is 158 Å². The number of hydrogen-bond donors (Lipinski definition) is 0. The van der Waals surface area contributed by atoms with Gasteiger partial charge in [0.25, 0.3) is 0 Å². The van der Waals surface area contributed by atoms with Crippen molar-refractivity contribution in [2.45, 2.75) is 98.3 Å². The molecule has 0 aromatic carbocycles. The molecule has 0 bridgehead atoms. The van der Waals surface area contributed by atoms with E-state index >= 15 is 0 Å². The molecule has 0 heterocycles. The zero-order chi connectivity index (χ0) is 19.2. The van der Waals surface area contributed by atoms with Crippen molar-refractivity contribution in [3.63, 3.8) is 0 Å². The van der Waals surface area contributed by atoms with Gasteiger partial charge in [-0.1, -0.05) is 65.2 Å². The third kappa shape index (κ3) is 13.3. The van der Waals surface area contributed by atoms with Crippen molar-refractivity contribution in [1.82, 2.24) is 0 Å². The number of hydrogen-bond acceptors (Lipinski definition) is 2. The molecule has 0 aliphatic rings. The second-order valence-electron chi connectivity index (χ2n) is 8.94. The van der Waals surface area contributed by atoms with Crippen LogP contribution < -0.4 is 0 Å². The lowest BCUT2D eigenvalue weighted by molar-refractivity contribution is -0.890. The van der Waals surface area contributed by atoms with E-state index in [0.717, 1.165) is 17.4 Å². The number of esters is 1. The van der Waals surface area contributed by atoms with E-state index in [0.29, 0.717) is 6.61 Å². The van der Waals surface area contributed by atoms with Crippen LogP contribution in [0.3, 0.4) is 0 Å². The smallest absolute Gasteiger partial charge is 0.311 e. The van der Waals surface area contributed by atoms with Crippen LogP contribution in [0.5, 0.6) is 0 Å². The van der Waals surface area contributed by atoms with E-state index < -0.39 is 0 Å². The van der Waals surface area contributed by atoms with Gasteiger partial charge >= 0.3 is 5.97 Å². The van der Waals surface area contributed by atoms with Crippen LogP contribution in [0.25, 0.3) is 0 Å². The summed E-state index contributed by atoms with van der Waals surface area (Å²) in [6, 6.07) is 0. The number of quaternary nitrogens is 1. The molecule has 0 spiro atoms. The van der Waals surface area contributed by atoms with Crippen LogP contribution in [-0.2, 0) is 9.53 Å². The summed E-state index contributed by atoms with van der Waals surface area (Å²) in [5.74, 6) is -0.0612. The minimum Gasteiger partial charge on any atom is -0.459 e. The molecule has 0 amide bonds. The SMILES string of the molecule is CCCCCCCCCCCC[N+](C)(C)CCOC(=O)C(C)(C)CC. The van der Waals surface area contributed by atoms with Crippen LogP contribution in [0.15, 0.2) is 0 Å². The number of carbonyl (C=O) groups is 1. The number of nitrogens with zero attached hydrogens (tertiary/aromatic N) is 1. The van der Waals surface area contributed by atoms with Crippen molar-refractivity contribution >= 4 is 5.97 Å². The number of unbranched alkanes of at least 4 members (excludes halogenated alkanes) is 9. The molecule has 0 aromatic rings. The van der Waals surface area contributed by atoms with Gasteiger partial charge in [0.2, 0.25) is 0 Å².